The molecule has 0 radical (unpaired) electrons. The van der Waals surface area contributed by atoms with Crippen molar-refractivity contribution in [1.82, 2.24) is 4.90 Å². The highest BCUT2D eigenvalue weighted by atomic mass is 35.5. The van der Waals surface area contributed by atoms with E-state index in [4.69, 9.17) is 27.9 Å². The second-order valence-corrected chi connectivity index (χ2v) is 7.39. The molecular formula is C21H25Cl2NO2. The van der Waals surface area contributed by atoms with Gasteiger partial charge >= 0.3 is 0 Å². The first-order chi connectivity index (χ1) is 12.5. The third-order valence-corrected chi connectivity index (χ3v) is 4.61. The molecule has 0 unspecified atom stereocenters. The summed E-state index contributed by atoms with van der Waals surface area (Å²) in [7, 11) is 4.19. The van der Waals surface area contributed by atoms with Crippen molar-refractivity contribution in [1.29, 1.82) is 0 Å². The van der Waals surface area contributed by atoms with Crippen LogP contribution in [0.4, 0.5) is 0 Å². The number of carbonyl (C=O) groups excluding carboxylic acids is 1. The monoisotopic (exact) mass is 393 g/mol. The molecule has 140 valence electrons. The number of unbranched alkanes of at least 4 members (excludes halogenated alkanes) is 3. The van der Waals surface area contributed by atoms with Crippen LogP contribution in [0.2, 0.25) is 10.0 Å². The minimum Gasteiger partial charge on any atom is -0.494 e. The molecule has 0 aliphatic heterocycles. The number of hydrogen-bond donors (Lipinski definition) is 0. The van der Waals surface area contributed by atoms with Gasteiger partial charge in [-0.3, -0.25) is 4.79 Å². The van der Waals surface area contributed by atoms with Crippen LogP contribution in [0.1, 0.15) is 41.6 Å². The molecule has 2 aromatic rings. The number of ketones is 1. The Morgan fingerprint density at radius 1 is 0.962 bits per heavy atom. The maximum Gasteiger partial charge on any atom is 0.194 e. The number of carbonyl (C=O) groups is 1. The first-order valence-corrected chi connectivity index (χ1v) is 9.60. The summed E-state index contributed by atoms with van der Waals surface area (Å²) in [5.74, 6) is 0.649. The summed E-state index contributed by atoms with van der Waals surface area (Å²) in [5.41, 5.74) is 1.02. The van der Waals surface area contributed by atoms with Gasteiger partial charge in [0, 0.05) is 16.1 Å². The second-order valence-electron chi connectivity index (χ2n) is 6.54. The lowest BCUT2D eigenvalue weighted by atomic mass is 10.0. The third-order valence-electron chi connectivity index (χ3n) is 4.06. The van der Waals surface area contributed by atoms with Crippen molar-refractivity contribution in [3.05, 3.63) is 63.6 Å². The summed E-state index contributed by atoms with van der Waals surface area (Å²) in [6.07, 6.45) is 4.64. The summed E-state index contributed by atoms with van der Waals surface area (Å²) in [6.45, 7) is 1.83. The Morgan fingerprint density at radius 2 is 1.65 bits per heavy atom. The van der Waals surface area contributed by atoms with Gasteiger partial charge < -0.3 is 9.64 Å². The largest absolute Gasteiger partial charge is 0.494 e. The molecule has 3 nitrogen and oxygen atoms in total. The second kappa shape index (κ2) is 10.6. The van der Waals surface area contributed by atoms with Crippen molar-refractivity contribution < 1.29 is 9.53 Å². The van der Waals surface area contributed by atoms with Crippen molar-refractivity contribution >= 4 is 29.0 Å². The Kier molecular flexibility index (Phi) is 8.43. The Bertz CT molecular complexity index is 714. The molecule has 26 heavy (non-hydrogen) atoms. The van der Waals surface area contributed by atoms with Crippen LogP contribution in [0.15, 0.2) is 42.5 Å². The van der Waals surface area contributed by atoms with Crippen LogP contribution in [0.3, 0.4) is 0 Å². The summed E-state index contributed by atoms with van der Waals surface area (Å²) in [4.78, 5) is 14.7. The zero-order valence-electron chi connectivity index (χ0n) is 15.3. The standard InChI is InChI=1S/C21H25Cl2NO2/c1-24(2)13-5-3-4-6-14-26-18-10-7-16(8-11-18)21(25)19-12-9-17(22)15-20(19)23/h7-12,15H,3-6,13-14H2,1-2H3. The number of halogens is 2. The Morgan fingerprint density at radius 3 is 2.31 bits per heavy atom. The molecule has 0 bridgehead atoms. The zero-order chi connectivity index (χ0) is 18.9. The van der Waals surface area contributed by atoms with Gasteiger partial charge in [0.15, 0.2) is 5.78 Å². The molecule has 0 spiro atoms. The molecule has 0 aliphatic carbocycles. The fraction of sp³-hybridized carbons (Fsp3) is 0.381. The number of ether oxygens (including phenoxy) is 1. The molecule has 0 heterocycles. The van der Waals surface area contributed by atoms with E-state index in [1.165, 1.54) is 19.3 Å². The van der Waals surface area contributed by atoms with Gasteiger partial charge in [-0.25, -0.2) is 0 Å². The molecular weight excluding hydrogens is 369 g/mol. The van der Waals surface area contributed by atoms with Crippen LogP contribution in [-0.2, 0) is 0 Å². The van der Waals surface area contributed by atoms with Gasteiger partial charge in [0.05, 0.1) is 11.6 Å². The van der Waals surface area contributed by atoms with Crippen LogP contribution in [-0.4, -0.2) is 37.9 Å². The van der Waals surface area contributed by atoms with Gasteiger partial charge in [-0.1, -0.05) is 36.0 Å². The predicted octanol–water partition coefficient (Wildman–Crippen LogP) is 5.73. The van der Waals surface area contributed by atoms with E-state index in [1.54, 1.807) is 30.3 Å². The van der Waals surface area contributed by atoms with E-state index in [9.17, 15) is 4.79 Å². The van der Waals surface area contributed by atoms with Crippen LogP contribution in [0.5, 0.6) is 5.75 Å². The lowest BCUT2D eigenvalue weighted by Crippen LogP contribution is -2.12. The summed E-state index contributed by atoms with van der Waals surface area (Å²) < 4.78 is 5.75. The van der Waals surface area contributed by atoms with Crippen molar-refractivity contribution in [3.8, 4) is 5.75 Å². The molecule has 0 aromatic heterocycles. The minimum absolute atomic E-state index is 0.126. The minimum atomic E-state index is -0.126. The highest BCUT2D eigenvalue weighted by Gasteiger charge is 2.13. The van der Waals surface area contributed by atoms with Crippen LogP contribution >= 0.6 is 23.2 Å². The smallest absolute Gasteiger partial charge is 0.194 e. The SMILES string of the molecule is CN(C)CCCCCCOc1ccc(C(=O)c2ccc(Cl)cc2Cl)cc1. The molecule has 2 aromatic carbocycles. The normalized spacial score (nSPS) is 11.0. The average Bonchev–Trinajstić information content (AvgIpc) is 2.60. The molecule has 0 saturated heterocycles. The van der Waals surface area contributed by atoms with Crippen molar-refractivity contribution in [2.45, 2.75) is 25.7 Å². The topological polar surface area (TPSA) is 29.5 Å². The summed E-state index contributed by atoms with van der Waals surface area (Å²) >= 11 is 12.0. The van der Waals surface area contributed by atoms with E-state index in [2.05, 4.69) is 19.0 Å². The highest BCUT2D eigenvalue weighted by molar-refractivity contribution is 6.37. The molecule has 0 N–H and O–H groups in total. The first kappa shape index (κ1) is 20.8. The molecule has 0 fully saturated rings. The van der Waals surface area contributed by atoms with Crippen LogP contribution in [0, 0.1) is 0 Å². The van der Waals surface area contributed by atoms with Gasteiger partial charge in [0.2, 0.25) is 0 Å². The maximum absolute atomic E-state index is 12.5. The summed E-state index contributed by atoms with van der Waals surface area (Å²) in [6, 6.07) is 12.1. The average molecular weight is 394 g/mol. The van der Waals surface area contributed by atoms with Gasteiger partial charge in [-0.15, -0.1) is 0 Å². The lowest BCUT2D eigenvalue weighted by molar-refractivity contribution is 0.103. The maximum atomic E-state index is 12.5. The highest BCUT2D eigenvalue weighted by Crippen LogP contribution is 2.24. The van der Waals surface area contributed by atoms with E-state index < -0.39 is 0 Å². The van der Waals surface area contributed by atoms with Crippen molar-refractivity contribution in [2.75, 3.05) is 27.2 Å². The summed E-state index contributed by atoms with van der Waals surface area (Å²) in [5, 5.41) is 0.870. The van der Waals surface area contributed by atoms with Gasteiger partial charge in [-0.05, 0) is 75.9 Å². The Hall–Kier alpha value is -1.55. The van der Waals surface area contributed by atoms with E-state index in [0.717, 1.165) is 18.7 Å². The van der Waals surface area contributed by atoms with E-state index in [0.29, 0.717) is 27.8 Å². The molecule has 0 saturated carbocycles. The number of rotatable bonds is 10. The van der Waals surface area contributed by atoms with E-state index in [-0.39, 0.29) is 5.78 Å². The van der Waals surface area contributed by atoms with E-state index >= 15 is 0 Å². The van der Waals surface area contributed by atoms with Gasteiger partial charge in [0.1, 0.15) is 5.75 Å². The Balaban J connectivity index is 1.80. The van der Waals surface area contributed by atoms with Crippen LogP contribution < -0.4 is 4.74 Å². The fourth-order valence-corrected chi connectivity index (χ4v) is 3.10. The molecule has 0 atom stereocenters. The lowest BCUT2D eigenvalue weighted by Gasteiger charge is -2.09. The van der Waals surface area contributed by atoms with Crippen molar-refractivity contribution in [3.63, 3.8) is 0 Å². The van der Waals surface area contributed by atoms with Gasteiger partial charge in [0.25, 0.3) is 0 Å². The van der Waals surface area contributed by atoms with Crippen molar-refractivity contribution in [2.24, 2.45) is 0 Å². The number of hydrogen-bond acceptors (Lipinski definition) is 3. The Labute approximate surface area is 165 Å². The van der Waals surface area contributed by atoms with Gasteiger partial charge in [-0.2, -0.15) is 0 Å². The zero-order valence-corrected chi connectivity index (χ0v) is 16.8. The third kappa shape index (κ3) is 6.64. The first-order valence-electron chi connectivity index (χ1n) is 8.84. The quantitative estimate of drug-likeness (QED) is 0.381. The molecule has 0 amide bonds. The fourth-order valence-electron chi connectivity index (χ4n) is 2.61. The number of nitrogens with zero attached hydrogens (tertiary/aromatic N) is 1. The molecule has 5 heteroatoms. The molecule has 2 rings (SSSR count). The predicted molar refractivity (Wildman–Crippen MR) is 109 cm³/mol. The van der Waals surface area contributed by atoms with Crippen LogP contribution in [0.25, 0.3) is 0 Å². The number of benzene rings is 2. The molecule has 0 aliphatic rings. The van der Waals surface area contributed by atoms with E-state index in [1.807, 2.05) is 12.1 Å².